The number of rotatable bonds is 14. The predicted molar refractivity (Wildman–Crippen MR) is 177 cm³/mol. The number of piperidine rings is 1. The van der Waals surface area contributed by atoms with Crippen LogP contribution in [0.2, 0.25) is 0 Å². The molecule has 1 heterocycles. The number of nitrogens with one attached hydrogen (secondary N) is 2. The zero-order valence-corrected chi connectivity index (χ0v) is 27.1. The summed E-state index contributed by atoms with van der Waals surface area (Å²) in [6, 6.07) is 19.7. The van der Waals surface area contributed by atoms with Crippen molar-refractivity contribution in [3.63, 3.8) is 0 Å². The zero-order valence-electron chi connectivity index (χ0n) is 26.3. The summed E-state index contributed by atoms with van der Waals surface area (Å²) in [6.45, 7) is 3.45. The minimum Gasteiger partial charge on any atom is -0.494 e. The lowest BCUT2D eigenvalue weighted by Gasteiger charge is -2.34. The van der Waals surface area contributed by atoms with Crippen LogP contribution in [0.25, 0.3) is 11.1 Å². The fourth-order valence-corrected chi connectivity index (χ4v) is 6.91. The van der Waals surface area contributed by atoms with Crippen molar-refractivity contribution < 1.29 is 28.0 Å². The first-order valence-corrected chi connectivity index (χ1v) is 17.0. The van der Waals surface area contributed by atoms with Crippen molar-refractivity contribution in [3.05, 3.63) is 83.9 Å². The monoisotopic (exact) mass is 649 g/mol. The van der Waals surface area contributed by atoms with Crippen LogP contribution in [0.15, 0.2) is 82.8 Å². The van der Waals surface area contributed by atoms with Crippen molar-refractivity contribution in [1.82, 2.24) is 14.9 Å². The second kappa shape index (κ2) is 16.2. The van der Waals surface area contributed by atoms with Gasteiger partial charge in [0.05, 0.1) is 11.5 Å². The molecule has 0 aromatic heterocycles. The summed E-state index contributed by atoms with van der Waals surface area (Å²) >= 11 is 0. The topological polar surface area (TPSA) is 163 Å². The van der Waals surface area contributed by atoms with Crippen LogP contribution in [0.1, 0.15) is 50.2 Å². The number of carbonyl (C=O) groups is 2. The number of benzene rings is 3. The van der Waals surface area contributed by atoms with E-state index in [0.717, 1.165) is 37.0 Å². The molecule has 1 atom stereocenters. The van der Waals surface area contributed by atoms with Gasteiger partial charge in [-0.05, 0) is 92.0 Å². The molecule has 246 valence electrons. The highest BCUT2D eigenvalue weighted by Gasteiger charge is 2.32. The lowest BCUT2D eigenvalue weighted by atomic mass is 9.91. The van der Waals surface area contributed by atoms with Crippen LogP contribution in [0.4, 0.5) is 0 Å². The van der Waals surface area contributed by atoms with E-state index < -0.39 is 16.1 Å². The number of ether oxygens (including phenoxy) is 1. The van der Waals surface area contributed by atoms with Crippen LogP contribution in [-0.2, 0) is 26.0 Å². The second-order valence-corrected chi connectivity index (χ2v) is 13.1. The molecule has 0 radical (unpaired) electrons. The lowest BCUT2D eigenvalue weighted by Crippen LogP contribution is -2.51. The second-order valence-electron chi connectivity index (χ2n) is 11.4. The molecule has 3 aromatic carbocycles. The maximum atomic E-state index is 14.0. The largest absolute Gasteiger partial charge is 0.494 e. The molecule has 0 aliphatic carbocycles. The minimum atomic E-state index is -4.12. The maximum absolute atomic E-state index is 14.0. The Morgan fingerprint density at radius 3 is 2.43 bits per heavy atom. The minimum absolute atomic E-state index is 0.0174. The number of sulfonamides is 1. The molecule has 0 unspecified atom stereocenters. The van der Waals surface area contributed by atoms with E-state index in [1.807, 2.05) is 37.3 Å². The third-order valence-corrected chi connectivity index (χ3v) is 9.70. The van der Waals surface area contributed by atoms with E-state index in [4.69, 9.17) is 15.7 Å². The summed E-state index contributed by atoms with van der Waals surface area (Å²) in [5, 5.41) is 14.8. The number of oxime groups is 1. The summed E-state index contributed by atoms with van der Waals surface area (Å²) in [6.07, 6.45) is 3.78. The molecule has 4 rings (SSSR count). The van der Waals surface area contributed by atoms with Gasteiger partial charge >= 0.3 is 0 Å². The highest BCUT2D eigenvalue weighted by Crippen LogP contribution is 2.26. The van der Waals surface area contributed by atoms with Gasteiger partial charge in [0.15, 0.2) is 5.84 Å². The summed E-state index contributed by atoms with van der Waals surface area (Å²) in [7, 11) is -2.50. The Morgan fingerprint density at radius 2 is 1.76 bits per heavy atom. The van der Waals surface area contributed by atoms with E-state index >= 15 is 0 Å². The Labute approximate surface area is 270 Å². The van der Waals surface area contributed by atoms with Crippen molar-refractivity contribution >= 4 is 27.7 Å². The van der Waals surface area contributed by atoms with Gasteiger partial charge in [0.25, 0.3) is 0 Å². The number of hydrogen-bond acceptors (Lipinski definition) is 7. The van der Waals surface area contributed by atoms with Crippen LogP contribution in [0, 0.1) is 5.92 Å². The third-order valence-electron chi connectivity index (χ3n) is 8.23. The van der Waals surface area contributed by atoms with Gasteiger partial charge in [0.2, 0.25) is 21.8 Å². The van der Waals surface area contributed by atoms with E-state index in [1.165, 1.54) is 6.07 Å². The van der Waals surface area contributed by atoms with E-state index in [-0.39, 0.29) is 29.0 Å². The van der Waals surface area contributed by atoms with Crippen LogP contribution in [0.5, 0.6) is 5.75 Å². The first kappa shape index (κ1) is 34.5. The molecule has 0 saturated carbocycles. The Hall–Kier alpha value is -4.42. The molecule has 12 heteroatoms. The third kappa shape index (κ3) is 9.30. The Bertz CT molecular complexity index is 1620. The Kier molecular flexibility index (Phi) is 12.2. The average Bonchev–Trinajstić information content (AvgIpc) is 3.08. The number of nitrogens with two attached hydrogens (primary N) is 1. The summed E-state index contributed by atoms with van der Waals surface area (Å²) in [5.41, 5.74) is 8.43. The van der Waals surface area contributed by atoms with Gasteiger partial charge in [-0.15, -0.1) is 0 Å². The van der Waals surface area contributed by atoms with Crippen molar-refractivity contribution in [1.29, 1.82) is 0 Å². The molecule has 0 spiro atoms. The van der Waals surface area contributed by atoms with Crippen molar-refractivity contribution in [3.8, 4) is 16.9 Å². The van der Waals surface area contributed by atoms with Gasteiger partial charge in [-0.3, -0.25) is 9.59 Å². The van der Waals surface area contributed by atoms with Gasteiger partial charge in [0.1, 0.15) is 11.8 Å². The lowest BCUT2D eigenvalue weighted by molar-refractivity contribution is -0.134. The van der Waals surface area contributed by atoms with Gasteiger partial charge < -0.3 is 25.9 Å². The highest BCUT2D eigenvalue weighted by molar-refractivity contribution is 7.89. The van der Waals surface area contributed by atoms with Crippen molar-refractivity contribution in [2.24, 2.45) is 16.8 Å². The molecular weight excluding hydrogens is 606 g/mol. The predicted octanol–water partition coefficient (Wildman–Crippen LogP) is 3.89. The molecule has 1 aliphatic rings. The molecule has 0 bridgehead atoms. The molecule has 1 fully saturated rings. The fourth-order valence-electron chi connectivity index (χ4n) is 5.68. The zero-order chi connectivity index (χ0) is 33.1. The smallest absolute Gasteiger partial charge is 0.241 e. The number of likely N-dealkylation sites (tertiary alicyclic amines) is 1. The van der Waals surface area contributed by atoms with Gasteiger partial charge in [-0.25, -0.2) is 8.42 Å². The standard InChI is InChI=1S/C34H43N5O6S/c1-3-45-29-15-13-26(14-16-29)27-9-6-11-30(23-27)46(43,44)38-31(22-25-8-4-10-28(21-25)33(35)37-42)34(41)39-19-17-24(18-20-39)7-5-12-32(40)36-2/h4,6,8-11,13-16,21,23-24,31,38,42H,3,5,7,12,17-20,22H2,1-2H3,(H2,35,37)(H,36,40)/t31-/m1/s1. The van der Waals surface area contributed by atoms with E-state index in [9.17, 15) is 18.0 Å². The summed E-state index contributed by atoms with van der Waals surface area (Å²) in [5.74, 6) is 0.733. The number of hydrogen-bond donors (Lipinski definition) is 4. The van der Waals surface area contributed by atoms with E-state index in [1.54, 1.807) is 48.3 Å². The molecule has 1 saturated heterocycles. The van der Waals surface area contributed by atoms with E-state index in [0.29, 0.717) is 48.7 Å². The molecular formula is C34H43N5O6S. The summed E-state index contributed by atoms with van der Waals surface area (Å²) < 4.78 is 35.8. The Balaban J connectivity index is 1.54. The van der Waals surface area contributed by atoms with Crippen LogP contribution in [-0.4, -0.2) is 69.0 Å². The molecule has 1 aliphatic heterocycles. The van der Waals surface area contributed by atoms with Crippen LogP contribution < -0.4 is 20.5 Å². The fraction of sp³-hybridized carbons (Fsp3) is 0.382. The van der Waals surface area contributed by atoms with Crippen molar-refractivity contribution in [2.75, 3.05) is 26.7 Å². The number of carbonyl (C=O) groups excluding carboxylic acids is 2. The average molecular weight is 650 g/mol. The Morgan fingerprint density at radius 1 is 1.04 bits per heavy atom. The first-order valence-electron chi connectivity index (χ1n) is 15.5. The van der Waals surface area contributed by atoms with Crippen LogP contribution in [0.3, 0.4) is 0 Å². The first-order chi connectivity index (χ1) is 22.1. The van der Waals surface area contributed by atoms with Crippen LogP contribution >= 0.6 is 0 Å². The van der Waals surface area contributed by atoms with Gasteiger partial charge in [-0.1, -0.05) is 47.6 Å². The number of nitrogens with zero attached hydrogens (tertiary/aromatic N) is 2. The SMILES string of the molecule is CCOc1ccc(-c2cccc(S(=O)(=O)N[C@H](Cc3cccc(/C(N)=N/O)c3)C(=O)N3CCC(CCCC(=O)NC)CC3)c2)cc1. The maximum Gasteiger partial charge on any atom is 0.241 e. The summed E-state index contributed by atoms with van der Waals surface area (Å²) in [4.78, 5) is 27.3. The van der Waals surface area contributed by atoms with Gasteiger partial charge in [-0.2, -0.15) is 4.72 Å². The number of amides is 2. The quantitative estimate of drug-likeness (QED) is 0.0891. The highest BCUT2D eigenvalue weighted by atomic mass is 32.2. The molecule has 2 amide bonds. The normalized spacial score (nSPS) is 14.9. The van der Waals surface area contributed by atoms with Crippen molar-refractivity contribution in [2.45, 2.75) is 56.4 Å². The molecule has 46 heavy (non-hydrogen) atoms. The van der Waals surface area contributed by atoms with Gasteiger partial charge in [0, 0.05) is 32.1 Å². The van der Waals surface area contributed by atoms with E-state index in [2.05, 4.69) is 15.2 Å². The molecule has 11 nitrogen and oxygen atoms in total. The number of amidine groups is 1. The molecule has 3 aromatic rings. The molecule has 5 N–H and O–H groups in total.